The van der Waals surface area contributed by atoms with Crippen molar-refractivity contribution in [3.63, 3.8) is 0 Å². The Morgan fingerprint density at radius 3 is 3.05 bits per heavy atom. The molecule has 0 radical (unpaired) electrons. The molecular weight excluding hydrogens is 274 g/mol. The van der Waals surface area contributed by atoms with Crippen LogP contribution in [0.4, 0.5) is 0 Å². The lowest BCUT2D eigenvalue weighted by molar-refractivity contribution is -0.122. The molecule has 2 N–H and O–H groups in total. The van der Waals surface area contributed by atoms with Crippen LogP contribution in [-0.4, -0.2) is 36.6 Å². The number of hydrogen-bond donors (Lipinski definition) is 2. The molecule has 0 spiro atoms. The fraction of sp³-hybridized carbons (Fsp3) is 0.417. The Bertz CT molecular complexity index is 715. The van der Waals surface area contributed by atoms with Gasteiger partial charge in [-0.1, -0.05) is 5.21 Å². The number of nitrogens with zero attached hydrogens (tertiary/aromatic N) is 5. The third-order valence-corrected chi connectivity index (χ3v) is 3.32. The number of aromatic nitrogens is 5. The molecule has 0 saturated carbocycles. The quantitative estimate of drug-likeness (QED) is 0.744. The van der Waals surface area contributed by atoms with Crippen LogP contribution in [0.5, 0.6) is 0 Å². The number of amides is 2. The zero-order valence-corrected chi connectivity index (χ0v) is 11.8. The predicted molar refractivity (Wildman–Crippen MR) is 71.0 cm³/mol. The monoisotopic (exact) mass is 289 g/mol. The average Bonchev–Trinajstić information content (AvgIpc) is 2.98. The maximum atomic E-state index is 12.1. The molecule has 0 aromatic carbocycles. The second kappa shape index (κ2) is 5.00. The molecule has 2 aromatic heterocycles. The van der Waals surface area contributed by atoms with E-state index in [9.17, 15) is 9.59 Å². The number of rotatable bonds is 3. The van der Waals surface area contributed by atoms with Crippen LogP contribution in [0.25, 0.3) is 0 Å². The molecule has 9 nitrogen and oxygen atoms in total. The maximum Gasteiger partial charge on any atom is 0.269 e. The van der Waals surface area contributed by atoms with E-state index in [1.807, 2.05) is 6.92 Å². The van der Waals surface area contributed by atoms with Gasteiger partial charge in [0.1, 0.15) is 17.9 Å². The van der Waals surface area contributed by atoms with Gasteiger partial charge in [-0.2, -0.15) is 5.10 Å². The Morgan fingerprint density at radius 1 is 1.52 bits per heavy atom. The summed E-state index contributed by atoms with van der Waals surface area (Å²) >= 11 is 0. The van der Waals surface area contributed by atoms with Crippen LogP contribution in [0, 0.1) is 6.92 Å². The summed E-state index contributed by atoms with van der Waals surface area (Å²) in [5, 5.41) is 17.6. The molecule has 0 unspecified atom stereocenters. The molecular formula is C12H15N7O2. The van der Waals surface area contributed by atoms with Crippen LogP contribution in [0.3, 0.4) is 0 Å². The second-order valence-electron chi connectivity index (χ2n) is 4.89. The Balaban J connectivity index is 1.70. The minimum atomic E-state index is -0.223. The first-order valence-electron chi connectivity index (χ1n) is 6.51. The highest BCUT2D eigenvalue weighted by Crippen LogP contribution is 2.09. The molecule has 9 heteroatoms. The molecule has 0 saturated heterocycles. The van der Waals surface area contributed by atoms with Crippen LogP contribution in [0.1, 0.15) is 27.6 Å². The molecule has 3 rings (SSSR count). The van der Waals surface area contributed by atoms with Gasteiger partial charge in [0.2, 0.25) is 5.91 Å². The first kappa shape index (κ1) is 13.3. The van der Waals surface area contributed by atoms with Crippen molar-refractivity contribution in [3.05, 3.63) is 28.8 Å². The van der Waals surface area contributed by atoms with E-state index >= 15 is 0 Å². The van der Waals surface area contributed by atoms with Crippen molar-refractivity contribution in [1.29, 1.82) is 0 Å². The smallest absolute Gasteiger partial charge is 0.269 e. The van der Waals surface area contributed by atoms with Gasteiger partial charge in [-0.15, -0.1) is 5.10 Å². The molecule has 0 atom stereocenters. The summed E-state index contributed by atoms with van der Waals surface area (Å²) in [6.07, 6.45) is 0. The van der Waals surface area contributed by atoms with E-state index in [-0.39, 0.29) is 24.9 Å². The lowest BCUT2D eigenvalue weighted by atomic mass is 10.2. The van der Waals surface area contributed by atoms with Crippen molar-refractivity contribution in [1.82, 2.24) is 35.4 Å². The van der Waals surface area contributed by atoms with Crippen molar-refractivity contribution in [3.8, 4) is 0 Å². The minimum absolute atomic E-state index is 0.0895. The van der Waals surface area contributed by atoms with Gasteiger partial charge in [0.15, 0.2) is 0 Å². The van der Waals surface area contributed by atoms with Gasteiger partial charge in [-0.25, -0.2) is 4.68 Å². The van der Waals surface area contributed by atoms with E-state index in [4.69, 9.17) is 0 Å². The summed E-state index contributed by atoms with van der Waals surface area (Å²) in [7, 11) is 1.72. The normalized spacial score (nSPS) is 13.7. The molecule has 0 bridgehead atoms. The summed E-state index contributed by atoms with van der Waals surface area (Å²) < 4.78 is 3.08. The Morgan fingerprint density at radius 2 is 2.33 bits per heavy atom. The third-order valence-electron chi connectivity index (χ3n) is 3.32. The van der Waals surface area contributed by atoms with Crippen LogP contribution in [-0.2, 0) is 31.5 Å². The Labute approximate surface area is 120 Å². The van der Waals surface area contributed by atoms with E-state index in [0.717, 1.165) is 11.4 Å². The van der Waals surface area contributed by atoms with Gasteiger partial charge in [-0.05, 0) is 13.0 Å². The number of carbonyl (C=O) groups excluding carboxylic acids is 2. The highest BCUT2D eigenvalue weighted by Gasteiger charge is 2.21. The largest absolute Gasteiger partial charge is 0.349 e. The standard InChI is InChI=1S/C12H15N7O2/c1-7-3-9(18(2)16-7)12(21)14-4-8-10-5-13-11(20)6-19(10)17-15-8/h3H,4-6H2,1-2H3,(H,13,20)(H,14,21). The van der Waals surface area contributed by atoms with Crippen LogP contribution in [0.2, 0.25) is 0 Å². The SMILES string of the molecule is Cc1cc(C(=O)NCc2nnn3c2CNC(=O)C3)n(C)n1. The van der Waals surface area contributed by atoms with Crippen molar-refractivity contribution in [2.75, 3.05) is 0 Å². The molecule has 1 aliphatic heterocycles. The topological polar surface area (TPSA) is 107 Å². The van der Waals surface area contributed by atoms with E-state index in [1.54, 1.807) is 17.8 Å². The predicted octanol–water partition coefficient (Wildman–Crippen LogP) is -1.12. The highest BCUT2D eigenvalue weighted by atomic mass is 16.2. The average molecular weight is 289 g/mol. The molecule has 0 fully saturated rings. The summed E-state index contributed by atoms with van der Waals surface area (Å²) in [6, 6.07) is 1.72. The molecule has 2 aromatic rings. The summed E-state index contributed by atoms with van der Waals surface area (Å²) in [5.41, 5.74) is 2.74. The number of carbonyl (C=O) groups is 2. The third kappa shape index (κ3) is 2.49. The van der Waals surface area contributed by atoms with Crippen molar-refractivity contribution < 1.29 is 9.59 Å². The number of fused-ring (bicyclic) bond motifs is 1. The first-order valence-corrected chi connectivity index (χ1v) is 6.51. The first-order chi connectivity index (χ1) is 10.0. The van der Waals surface area contributed by atoms with Crippen molar-refractivity contribution in [2.24, 2.45) is 7.05 Å². The van der Waals surface area contributed by atoms with E-state index in [0.29, 0.717) is 17.9 Å². The van der Waals surface area contributed by atoms with Gasteiger partial charge in [-0.3, -0.25) is 14.3 Å². The molecule has 2 amide bonds. The van der Waals surface area contributed by atoms with Gasteiger partial charge in [0.25, 0.3) is 5.91 Å². The fourth-order valence-corrected chi connectivity index (χ4v) is 2.28. The summed E-state index contributed by atoms with van der Waals surface area (Å²) in [4.78, 5) is 23.3. The van der Waals surface area contributed by atoms with Gasteiger partial charge in [0, 0.05) is 7.05 Å². The zero-order chi connectivity index (χ0) is 15.0. The van der Waals surface area contributed by atoms with E-state index < -0.39 is 0 Å². The van der Waals surface area contributed by atoms with Crippen LogP contribution >= 0.6 is 0 Å². The van der Waals surface area contributed by atoms with Gasteiger partial charge < -0.3 is 10.6 Å². The van der Waals surface area contributed by atoms with Gasteiger partial charge >= 0.3 is 0 Å². The van der Waals surface area contributed by atoms with Gasteiger partial charge in [0.05, 0.1) is 24.5 Å². The zero-order valence-electron chi connectivity index (χ0n) is 11.8. The minimum Gasteiger partial charge on any atom is -0.349 e. The molecule has 1 aliphatic rings. The van der Waals surface area contributed by atoms with Crippen LogP contribution < -0.4 is 10.6 Å². The lowest BCUT2D eigenvalue weighted by Gasteiger charge is -2.14. The van der Waals surface area contributed by atoms with Crippen molar-refractivity contribution >= 4 is 11.8 Å². The van der Waals surface area contributed by atoms with Crippen molar-refractivity contribution in [2.45, 2.75) is 26.6 Å². The number of aryl methyl sites for hydroxylation is 2. The summed E-state index contributed by atoms with van der Waals surface area (Å²) in [5.74, 6) is -0.312. The molecule has 21 heavy (non-hydrogen) atoms. The Hall–Kier alpha value is -2.71. The summed E-state index contributed by atoms with van der Waals surface area (Å²) in [6.45, 7) is 2.63. The lowest BCUT2D eigenvalue weighted by Crippen LogP contribution is -2.35. The highest BCUT2D eigenvalue weighted by molar-refractivity contribution is 5.92. The second-order valence-corrected chi connectivity index (χ2v) is 4.89. The molecule has 110 valence electrons. The molecule has 0 aliphatic carbocycles. The van der Waals surface area contributed by atoms with E-state index in [1.165, 1.54) is 4.68 Å². The maximum absolute atomic E-state index is 12.1. The fourth-order valence-electron chi connectivity index (χ4n) is 2.28. The Kier molecular flexibility index (Phi) is 3.16. The number of hydrogen-bond acceptors (Lipinski definition) is 5. The van der Waals surface area contributed by atoms with E-state index in [2.05, 4.69) is 26.0 Å². The van der Waals surface area contributed by atoms with Crippen LogP contribution in [0.15, 0.2) is 6.07 Å². The number of nitrogens with one attached hydrogen (secondary N) is 2. The molecule has 3 heterocycles.